The van der Waals surface area contributed by atoms with Crippen LogP contribution in [0.3, 0.4) is 0 Å². The van der Waals surface area contributed by atoms with Crippen molar-refractivity contribution in [3.05, 3.63) is 12.2 Å². The molecule has 42 heavy (non-hydrogen) atoms. The minimum Gasteiger partial charge on any atom is -0.463 e. The van der Waals surface area contributed by atoms with Crippen LogP contribution in [0.1, 0.15) is 194 Å². The van der Waals surface area contributed by atoms with E-state index in [1.165, 1.54) is 128 Å². The van der Waals surface area contributed by atoms with E-state index >= 15 is 0 Å². The van der Waals surface area contributed by atoms with Crippen molar-refractivity contribution in [3.63, 3.8) is 0 Å². The van der Waals surface area contributed by atoms with Crippen molar-refractivity contribution >= 4 is 11.9 Å². The van der Waals surface area contributed by atoms with Gasteiger partial charge in [0, 0.05) is 12.8 Å². The van der Waals surface area contributed by atoms with Crippen molar-refractivity contribution in [1.82, 2.24) is 0 Å². The van der Waals surface area contributed by atoms with Crippen LogP contribution >= 0.6 is 0 Å². The van der Waals surface area contributed by atoms with Crippen LogP contribution in [0.4, 0.5) is 0 Å². The Morgan fingerprint density at radius 3 is 1.10 bits per heavy atom. The van der Waals surface area contributed by atoms with Crippen molar-refractivity contribution in [2.75, 3.05) is 13.2 Å². The number of aliphatic hydroxyl groups is 1. The first-order valence-electron chi connectivity index (χ1n) is 18.2. The van der Waals surface area contributed by atoms with Crippen LogP contribution in [0.2, 0.25) is 0 Å². The number of aliphatic hydroxyl groups excluding tert-OH is 1. The monoisotopic (exact) mass is 595 g/mol. The van der Waals surface area contributed by atoms with Crippen LogP contribution in [0, 0.1) is 0 Å². The van der Waals surface area contributed by atoms with Crippen molar-refractivity contribution in [3.8, 4) is 0 Å². The molecule has 0 aromatic carbocycles. The fraction of sp³-hybridized carbons (Fsp3) is 0.892. The van der Waals surface area contributed by atoms with Crippen LogP contribution in [0.15, 0.2) is 12.2 Å². The molecule has 1 unspecified atom stereocenters. The molecule has 0 rings (SSSR count). The molecule has 0 aromatic heterocycles. The third-order valence-corrected chi connectivity index (χ3v) is 8.00. The molecular weight excluding hydrogens is 524 g/mol. The summed E-state index contributed by atoms with van der Waals surface area (Å²) >= 11 is 0. The number of carbonyl (C=O) groups excluding carboxylic acids is 2. The largest absolute Gasteiger partial charge is 0.463 e. The van der Waals surface area contributed by atoms with Gasteiger partial charge in [-0.15, -0.1) is 0 Å². The number of allylic oxidation sites excluding steroid dienone is 2. The van der Waals surface area contributed by atoms with Crippen LogP contribution in [-0.4, -0.2) is 36.4 Å². The first-order chi connectivity index (χ1) is 20.6. The Bertz CT molecular complexity index is 603. The third kappa shape index (κ3) is 33.1. The summed E-state index contributed by atoms with van der Waals surface area (Å²) in [7, 11) is 0. The van der Waals surface area contributed by atoms with E-state index < -0.39 is 6.10 Å². The third-order valence-electron chi connectivity index (χ3n) is 8.00. The lowest BCUT2D eigenvalue weighted by Crippen LogP contribution is -2.25. The molecule has 0 amide bonds. The van der Waals surface area contributed by atoms with Gasteiger partial charge in [-0.1, -0.05) is 154 Å². The number of ether oxygens (including phenoxy) is 2. The standard InChI is InChI=1S/C37H70O5/c1-3-5-7-9-11-13-15-17-18-20-22-24-26-28-30-32-37(40)42-34-35(38)33-41-36(39)31-29-27-25-23-21-19-16-14-12-10-8-6-4-2/h17-18,35,38H,3-16,19-34H2,1-2H3/b18-17+. The number of hydrogen-bond acceptors (Lipinski definition) is 5. The van der Waals surface area contributed by atoms with E-state index in [4.69, 9.17) is 9.47 Å². The molecule has 0 aliphatic carbocycles. The first-order valence-corrected chi connectivity index (χ1v) is 18.2. The van der Waals surface area contributed by atoms with Gasteiger partial charge in [0.25, 0.3) is 0 Å². The number of rotatable bonds is 33. The molecule has 0 aliphatic heterocycles. The minimum atomic E-state index is -0.960. The predicted molar refractivity (Wildman–Crippen MR) is 178 cm³/mol. The highest BCUT2D eigenvalue weighted by molar-refractivity contribution is 5.69. The van der Waals surface area contributed by atoms with Gasteiger partial charge < -0.3 is 14.6 Å². The fourth-order valence-corrected chi connectivity index (χ4v) is 5.20. The zero-order valence-electron chi connectivity index (χ0n) is 28.0. The first kappa shape index (κ1) is 40.6. The van der Waals surface area contributed by atoms with Gasteiger partial charge >= 0.3 is 11.9 Å². The summed E-state index contributed by atoms with van der Waals surface area (Å²) in [4.78, 5) is 23.8. The number of hydrogen-bond donors (Lipinski definition) is 1. The fourth-order valence-electron chi connectivity index (χ4n) is 5.20. The Balaban J connectivity index is 3.42. The summed E-state index contributed by atoms with van der Waals surface area (Å²) in [5, 5.41) is 9.97. The number of esters is 2. The summed E-state index contributed by atoms with van der Waals surface area (Å²) in [6.07, 6.45) is 36.8. The Kier molecular flexibility index (Phi) is 33.0. The Hall–Kier alpha value is -1.36. The Morgan fingerprint density at radius 2 is 0.762 bits per heavy atom. The zero-order valence-corrected chi connectivity index (χ0v) is 28.0. The van der Waals surface area contributed by atoms with Crippen LogP contribution in [0.25, 0.3) is 0 Å². The summed E-state index contributed by atoms with van der Waals surface area (Å²) in [6.45, 7) is 4.29. The molecule has 0 radical (unpaired) electrons. The Morgan fingerprint density at radius 1 is 0.476 bits per heavy atom. The van der Waals surface area contributed by atoms with Crippen molar-refractivity contribution < 1.29 is 24.2 Å². The van der Waals surface area contributed by atoms with Gasteiger partial charge in [-0.25, -0.2) is 0 Å². The van der Waals surface area contributed by atoms with E-state index in [1.807, 2.05) is 0 Å². The molecule has 0 fully saturated rings. The molecule has 0 aliphatic rings. The van der Waals surface area contributed by atoms with E-state index in [-0.39, 0.29) is 25.2 Å². The second-order valence-corrected chi connectivity index (χ2v) is 12.3. The maximum absolute atomic E-state index is 11.9. The molecule has 1 N–H and O–H groups in total. The van der Waals surface area contributed by atoms with Gasteiger partial charge in [-0.2, -0.15) is 0 Å². The summed E-state index contributed by atoms with van der Waals surface area (Å²) in [5.74, 6) is -0.568. The lowest BCUT2D eigenvalue weighted by Gasteiger charge is -2.12. The van der Waals surface area contributed by atoms with Crippen LogP contribution in [-0.2, 0) is 19.1 Å². The van der Waals surface area contributed by atoms with Crippen LogP contribution < -0.4 is 0 Å². The second-order valence-electron chi connectivity index (χ2n) is 12.3. The maximum atomic E-state index is 11.9. The molecule has 1 atom stereocenters. The van der Waals surface area contributed by atoms with Gasteiger partial charge in [0.1, 0.15) is 19.3 Å². The maximum Gasteiger partial charge on any atom is 0.305 e. The van der Waals surface area contributed by atoms with Crippen molar-refractivity contribution in [2.24, 2.45) is 0 Å². The minimum absolute atomic E-state index is 0.113. The number of carbonyl (C=O) groups is 2. The quantitative estimate of drug-likeness (QED) is 0.0465. The van der Waals surface area contributed by atoms with E-state index in [1.54, 1.807) is 0 Å². The zero-order chi connectivity index (χ0) is 30.8. The molecule has 248 valence electrons. The predicted octanol–water partition coefficient (Wildman–Crippen LogP) is 11.0. The van der Waals surface area contributed by atoms with Gasteiger partial charge in [0.05, 0.1) is 0 Å². The highest BCUT2D eigenvalue weighted by atomic mass is 16.6. The Labute approximate surface area is 261 Å². The molecule has 0 saturated heterocycles. The van der Waals surface area contributed by atoms with E-state index in [9.17, 15) is 14.7 Å². The second kappa shape index (κ2) is 34.1. The topological polar surface area (TPSA) is 72.8 Å². The van der Waals surface area contributed by atoms with Gasteiger partial charge in [0.15, 0.2) is 0 Å². The molecule has 5 heteroatoms. The molecule has 0 saturated carbocycles. The van der Waals surface area contributed by atoms with E-state index in [0.29, 0.717) is 12.8 Å². The molecule has 0 spiro atoms. The average Bonchev–Trinajstić information content (AvgIpc) is 2.99. The van der Waals surface area contributed by atoms with E-state index in [0.717, 1.165) is 38.5 Å². The van der Waals surface area contributed by atoms with Gasteiger partial charge in [-0.05, 0) is 38.5 Å². The summed E-state index contributed by atoms with van der Waals surface area (Å²) in [6, 6.07) is 0. The van der Waals surface area contributed by atoms with Gasteiger partial charge in [0.2, 0.25) is 0 Å². The molecule has 0 heterocycles. The van der Waals surface area contributed by atoms with Gasteiger partial charge in [-0.3, -0.25) is 9.59 Å². The molecule has 5 nitrogen and oxygen atoms in total. The van der Waals surface area contributed by atoms with Crippen molar-refractivity contribution in [1.29, 1.82) is 0 Å². The lowest BCUT2D eigenvalue weighted by molar-refractivity contribution is -0.152. The smallest absolute Gasteiger partial charge is 0.305 e. The van der Waals surface area contributed by atoms with E-state index in [2.05, 4.69) is 26.0 Å². The molecule has 0 bridgehead atoms. The highest BCUT2D eigenvalue weighted by Gasteiger charge is 2.12. The average molecular weight is 595 g/mol. The van der Waals surface area contributed by atoms with Crippen LogP contribution in [0.5, 0.6) is 0 Å². The SMILES string of the molecule is CCCCCCCC/C=C/CCCCCCCC(=O)OCC(O)COC(=O)CCCCCCCCCCCCCCC. The highest BCUT2D eigenvalue weighted by Crippen LogP contribution is 2.14. The normalized spacial score (nSPS) is 12.2. The van der Waals surface area contributed by atoms with Crippen molar-refractivity contribution in [2.45, 2.75) is 200 Å². The molecular formula is C37H70O5. The lowest BCUT2D eigenvalue weighted by atomic mass is 10.0. The number of unbranched alkanes of at least 4 members (excludes halogenated alkanes) is 23. The molecule has 0 aromatic rings. The summed E-state index contributed by atoms with van der Waals surface area (Å²) in [5.41, 5.74) is 0. The summed E-state index contributed by atoms with van der Waals surface area (Å²) < 4.78 is 10.3.